The van der Waals surface area contributed by atoms with Gasteiger partial charge in [-0.15, -0.1) is 0 Å². The molecule has 0 aliphatic rings. The Balaban J connectivity index is 1.49. The van der Waals surface area contributed by atoms with Crippen LogP contribution in [0.3, 0.4) is 0 Å². The number of rotatable bonds is 12. The summed E-state index contributed by atoms with van der Waals surface area (Å²) in [6.45, 7) is 0. The molecule has 1 heterocycles. The minimum absolute atomic E-state index is 0.0185. The molecule has 0 radical (unpaired) electrons. The first kappa shape index (κ1) is 30.2. The zero-order valence-corrected chi connectivity index (χ0v) is 22.6. The number of Topliss-reactive ketones (excluding diaryl/α,β-unsaturated/α-hetero) is 1. The number of fused-ring (bicyclic) bond motifs is 1. The molecule has 0 fully saturated rings. The lowest BCUT2D eigenvalue weighted by atomic mass is 9.85. The fourth-order valence-corrected chi connectivity index (χ4v) is 4.77. The lowest BCUT2D eigenvalue weighted by Crippen LogP contribution is -2.42. The molecule has 4 rings (SSSR count). The molecule has 1 aromatic heterocycles. The number of aromatic amines is 1. The summed E-state index contributed by atoms with van der Waals surface area (Å²) in [5.41, 5.74) is 1.70. The van der Waals surface area contributed by atoms with Gasteiger partial charge in [0.2, 0.25) is 5.91 Å². The number of aromatic nitrogens is 1. The van der Waals surface area contributed by atoms with Crippen LogP contribution in [0.4, 0.5) is 13.2 Å². The van der Waals surface area contributed by atoms with Gasteiger partial charge in [0.25, 0.3) is 0 Å². The van der Waals surface area contributed by atoms with E-state index >= 15 is 0 Å². The number of hydrogen-bond donors (Lipinski definition) is 4. The molecule has 0 saturated carbocycles. The molecule has 4 N–H and O–H groups in total. The normalized spacial score (nSPS) is 13.0. The van der Waals surface area contributed by atoms with Gasteiger partial charge >= 0.3 is 12.1 Å². The number of phenols is 1. The molecule has 0 bridgehead atoms. The number of ketones is 1. The van der Waals surface area contributed by atoms with Crippen molar-refractivity contribution in [2.45, 2.75) is 43.8 Å². The van der Waals surface area contributed by atoms with Crippen molar-refractivity contribution in [2.75, 3.05) is 7.11 Å². The molecule has 11 heteroatoms. The van der Waals surface area contributed by atoms with Crippen LogP contribution in [-0.2, 0) is 27.0 Å². The van der Waals surface area contributed by atoms with Crippen LogP contribution < -0.4 is 10.1 Å². The number of benzene rings is 3. The molecule has 4 aromatic rings. The Kier molecular flexibility index (Phi) is 9.19. The van der Waals surface area contributed by atoms with E-state index in [9.17, 15) is 37.8 Å². The maximum absolute atomic E-state index is 13.2. The Hall–Kier alpha value is -4.80. The topological polar surface area (TPSA) is 129 Å². The number of nitrogens with one attached hydrogen (secondary N) is 2. The van der Waals surface area contributed by atoms with E-state index in [1.807, 2.05) is 0 Å². The molecule has 0 aliphatic heterocycles. The molecule has 1 unspecified atom stereocenters. The summed E-state index contributed by atoms with van der Waals surface area (Å²) < 4.78 is 44.9. The van der Waals surface area contributed by atoms with E-state index in [2.05, 4.69) is 10.3 Å². The summed E-state index contributed by atoms with van der Waals surface area (Å²) in [6.07, 6.45) is -3.39. The first-order valence-corrected chi connectivity index (χ1v) is 13.1. The number of ether oxygens (including phenoxy) is 1. The number of amides is 1. The Morgan fingerprint density at radius 1 is 0.976 bits per heavy atom. The highest BCUT2D eigenvalue weighted by atomic mass is 19.4. The van der Waals surface area contributed by atoms with Crippen LogP contribution in [0.15, 0.2) is 72.9 Å². The van der Waals surface area contributed by atoms with E-state index in [0.29, 0.717) is 22.4 Å². The molecular formula is C31H29F3N2O6. The fourth-order valence-electron chi connectivity index (χ4n) is 4.77. The highest BCUT2D eigenvalue weighted by Crippen LogP contribution is 2.37. The van der Waals surface area contributed by atoms with E-state index in [0.717, 1.165) is 23.0 Å². The Bertz CT molecular complexity index is 1560. The number of aliphatic carboxylic acids is 1. The SMILES string of the molecule is COc1ccc2[nH]cc(C(CC(=O)CCC(=O)N[C@@H](Cc3ccc(O)cc3)C(=O)O)c3ccc(C(F)(F)F)cc3)c2c1. The maximum atomic E-state index is 13.2. The second kappa shape index (κ2) is 12.8. The number of aromatic hydroxyl groups is 1. The highest BCUT2D eigenvalue weighted by Gasteiger charge is 2.31. The van der Waals surface area contributed by atoms with Crippen molar-refractivity contribution in [1.29, 1.82) is 0 Å². The third kappa shape index (κ3) is 7.48. The maximum Gasteiger partial charge on any atom is 0.416 e. The molecule has 0 aliphatic carbocycles. The third-order valence-corrected chi connectivity index (χ3v) is 7.01. The molecule has 220 valence electrons. The van der Waals surface area contributed by atoms with Crippen LogP contribution in [0, 0.1) is 0 Å². The minimum Gasteiger partial charge on any atom is -0.508 e. The number of halogens is 3. The average molecular weight is 583 g/mol. The number of H-pyrrole nitrogens is 1. The van der Waals surface area contributed by atoms with Crippen molar-refractivity contribution in [2.24, 2.45) is 0 Å². The van der Waals surface area contributed by atoms with Crippen LogP contribution in [0.2, 0.25) is 0 Å². The zero-order valence-electron chi connectivity index (χ0n) is 22.6. The molecule has 2 atom stereocenters. The van der Waals surface area contributed by atoms with Crippen LogP contribution in [-0.4, -0.2) is 46.0 Å². The Morgan fingerprint density at radius 3 is 2.29 bits per heavy atom. The van der Waals surface area contributed by atoms with Crippen molar-refractivity contribution in [1.82, 2.24) is 10.3 Å². The summed E-state index contributed by atoms with van der Waals surface area (Å²) in [7, 11) is 1.51. The van der Waals surface area contributed by atoms with Gasteiger partial charge in [-0.25, -0.2) is 4.79 Å². The van der Waals surface area contributed by atoms with Crippen molar-refractivity contribution in [3.05, 3.63) is 95.2 Å². The largest absolute Gasteiger partial charge is 0.508 e. The van der Waals surface area contributed by atoms with Crippen molar-refractivity contribution in [3.8, 4) is 11.5 Å². The number of carbonyl (C=O) groups is 3. The summed E-state index contributed by atoms with van der Waals surface area (Å²) in [5, 5.41) is 22.1. The van der Waals surface area contributed by atoms with E-state index in [4.69, 9.17) is 4.74 Å². The van der Waals surface area contributed by atoms with Crippen molar-refractivity contribution in [3.63, 3.8) is 0 Å². The zero-order chi connectivity index (χ0) is 30.4. The number of hydrogen-bond acceptors (Lipinski definition) is 5. The summed E-state index contributed by atoms with van der Waals surface area (Å²) in [4.78, 5) is 40.5. The molecular weight excluding hydrogens is 553 g/mol. The lowest BCUT2D eigenvalue weighted by molar-refractivity contribution is -0.141. The van der Waals surface area contributed by atoms with Crippen LogP contribution >= 0.6 is 0 Å². The number of phenolic OH excluding ortho intramolecular Hbond substituents is 1. The first-order chi connectivity index (χ1) is 19.9. The predicted molar refractivity (Wildman–Crippen MR) is 148 cm³/mol. The van der Waals surface area contributed by atoms with E-state index < -0.39 is 35.6 Å². The Morgan fingerprint density at radius 2 is 1.67 bits per heavy atom. The third-order valence-electron chi connectivity index (χ3n) is 7.01. The minimum atomic E-state index is -4.51. The van der Waals surface area contributed by atoms with Gasteiger partial charge in [-0.05, 0) is 59.2 Å². The average Bonchev–Trinajstić information content (AvgIpc) is 3.38. The molecule has 8 nitrogen and oxygen atoms in total. The van der Waals surface area contributed by atoms with Crippen LogP contribution in [0.25, 0.3) is 10.9 Å². The fraction of sp³-hybridized carbons (Fsp3) is 0.258. The van der Waals surface area contributed by atoms with Crippen molar-refractivity contribution < 1.29 is 42.5 Å². The quantitative estimate of drug-likeness (QED) is 0.173. The number of carboxylic acid groups (broad SMARTS) is 1. The van der Waals surface area contributed by atoms with Gasteiger partial charge < -0.3 is 25.3 Å². The second-order valence-electron chi connectivity index (χ2n) is 9.90. The van der Waals surface area contributed by atoms with E-state index in [-0.39, 0.29) is 37.2 Å². The summed E-state index contributed by atoms with van der Waals surface area (Å²) in [5.74, 6) is -2.23. The van der Waals surface area contributed by atoms with Crippen LogP contribution in [0.1, 0.15) is 47.4 Å². The smallest absolute Gasteiger partial charge is 0.416 e. The molecule has 42 heavy (non-hydrogen) atoms. The summed E-state index contributed by atoms with van der Waals surface area (Å²) in [6, 6.07) is 14.6. The molecule has 0 spiro atoms. The van der Waals surface area contributed by atoms with Crippen molar-refractivity contribution >= 4 is 28.6 Å². The lowest BCUT2D eigenvalue weighted by Gasteiger charge is -2.18. The Labute approximate surface area is 239 Å². The second-order valence-corrected chi connectivity index (χ2v) is 9.90. The molecule has 3 aromatic carbocycles. The first-order valence-electron chi connectivity index (χ1n) is 13.1. The van der Waals surface area contributed by atoms with Gasteiger partial charge in [0.15, 0.2) is 0 Å². The van der Waals surface area contributed by atoms with Gasteiger partial charge in [-0.1, -0.05) is 24.3 Å². The van der Waals surface area contributed by atoms with Gasteiger partial charge in [0.05, 0.1) is 12.7 Å². The number of methoxy groups -OCH3 is 1. The number of carboxylic acids is 1. The van der Waals surface area contributed by atoms with Gasteiger partial charge in [0.1, 0.15) is 23.3 Å². The van der Waals surface area contributed by atoms with Gasteiger partial charge in [0, 0.05) is 48.7 Å². The van der Waals surface area contributed by atoms with Gasteiger partial charge in [-0.3, -0.25) is 9.59 Å². The monoisotopic (exact) mass is 582 g/mol. The predicted octanol–water partition coefficient (Wildman–Crippen LogP) is 5.58. The van der Waals surface area contributed by atoms with Crippen LogP contribution in [0.5, 0.6) is 11.5 Å². The van der Waals surface area contributed by atoms with E-state index in [1.54, 1.807) is 36.5 Å². The summed E-state index contributed by atoms with van der Waals surface area (Å²) >= 11 is 0. The number of alkyl halides is 3. The van der Waals surface area contributed by atoms with E-state index in [1.165, 1.54) is 31.4 Å². The highest BCUT2D eigenvalue weighted by molar-refractivity contribution is 5.90. The molecule has 0 saturated heterocycles. The standard InChI is InChI=1S/C31H29F3N2O6/c1-42-23-11-12-27-25(16-23)26(17-35-27)24(19-4-6-20(7-5-19)31(32,33)34)15-22(38)10-13-29(39)36-28(30(40)41)14-18-2-8-21(37)9-3-18/h2-9,11-12,16-17,24,28,35,37H,10,13-15H2,1H3,(H,36,39)(H,40,41)/t24?,28-/m0/s1. The molecule has 1 amide bonds. The van der Waals surface area contributed by atoms with Gasteiger partial charge in [-0.2, -0.15) is 13.2 Å². The number of carbonyl (C=O) groups excluding carboxylic acids is 2.